The van der Waals surface area contributed by atoms with E-state index in [1.165, 1.54) is 15.4 Å². The van der Waals surface area contributed by atoms with Crippen molar-refractivity contribution < 1.29 is 14.7 Å². The van der Waals surface area contributed by atoms with Crippen LogP contribution in [0.5, 0.6) is 5.75 Å². The Morgan fingerprint density at radius 1 is 0.973 bits per heavy atom. The van der Waals surface area contributed by atoms with E-state index in [0.717, 1.165) is 15.7 Å². The van der Waals surface area contributed by atoms with Gasteiger partial charge < -0.3 is 5.11 Å². The minimum atomic E-state index is -0.632. The molecule has 0 fully saturated rings. The quantitative estimate of drug-likeness (QED) is 0.382. The summed E-state index contributed by atoms with van der Waals surface area (Å²) < 4.78 is 4.11. The minimum Gasteiger partial charge on any atom is -0.507 e. The predicted octanol–water partition coefficient (Wildman–Crippen LogP) is 3.52. The molecule has 0 radical (unpaired) electrons. The first-order chi connectivity index (χ1) is 17.7. The maximum atomic E-state index is 13.7. The smallest absolute Gasteiger partial charge is 0.352 e. The van der Waals surface area contributed by atoms with Gasteiger partial charge in [-0.25, -0.2) is 23.5 Å². The van der Waals surface area contributed by atoms with Crippen molar-refractivity contribution in [2.75, 3.05) is 0 Å². The van der Waals surface area contributed by atoms with Gasteiger partial charge >= 0.3 is 11.4 Å². The number of carbonyl (C=O) groups is 2. The van der Waals surface area contributed by atoms with Gasteiger partial charge in [0.05, 0.1) is 22.8 Å². The second-order valence-corrected chi connectivity index (χ2v) is 10.5. The highest BCUT2D eigenvalue weighted by atomic mass is 79.9. The Hall–Kier alpha value is -3.98. The third-order valence-corrected chi connectivity index (χ3v) is 8.05. The van der Waals surface area contributed by atoms with Crippen molar-refractivity contribution in [1.29, 1.82) is 0 Å². The fraction of sp³-hybridized carbons (Fsp3) is 0.214. The molecule has 2 aromatic carbocycles. The van der Waals surface area contributed by atoms with E-state index < -0.39 is 23.3 Å². The van der Waals surface area contributed by atoms with E-state index in [1.807, 2.05) is 18.2 Å². The fourth-order valence-corrected chi connectivity index (χ4v) is 6.26. The van der Waals surface area contributed by atoms with E-state index in [1.54, 1.807) is 44.2 Å². The molecule has 3 aromatic rings. The molecule has 37 heavy (non-hydrogen) atoms. The molecule has 0 saturated heterocycles. The summed E-state index contributed by atoms with van der Waals surface area (Å²) in [4.78, 5) is 53.7. The zero-order chi connectivity index (χ0) is 26.2. The van der Waals surface area contributed by atoms with Gasteiger partial charge in [0.2, 0.25) is 0 Å². The summed E-state index contributed by atoms with van der Waals surface area (Å²) in [6.07, 6.45) is 3.29. The number of ketones is 2. The van der Waals surface area contributed by atoms with Gasteiger partial charge in [0.25, 0.3) is 0 Å². The molecule has 186 valence electrons. The summed E-state index contributed by atoms with van der Waals surface area (Å²) >= 11 is 3.23. The van der Waals surface area contributed by atoms with Crippen LogP contribution in [0.2, 0.25) is 0 Å². The summed E-state index contributed by atoms with van der Waals surface area (Å²) in [6.45, 7) is 3.71. The highest BCUT2D eigenvalue weighted by Gasteiger charge is 2.45. The molecule has 0 saturated carbocycles. The molecule has 2 atom stereocenters. The molecule has 1 aromatic heterocycles. The van der Waals surface area contributed by atoms with Crippen molar-refractivity contribution in [3.63, 3.8) is 0 Å². The Labute approximate surface area is 219 Å². The molecule has 9 heteroatoms. The van der Waals surface area contributed by atoms with Gasteiger partial charge in [0.1, 0.15) is 5.75 Å². The summed E-state index contributed by atoms with van der Waals surface area (Å²) in [5, 5.41) is 10.4. The van der Waals surface area contributed by atoms with Gasteiger partial charge in [0, 0.05) is 29.6 Å². The molecule has 6 rings (SSSR count). The van der Waals surface area contributed by atoms with Crippen LogP contribution >= 0.6 is 15.9 Å². The number of Topliss-reactive ketones (excluding diaryl/α,β-unsaturated/α-hetero) is 1. The van der Waals surface area contributed by atoms with Crippen LogP contribution in [0.25, 0.3) is 5.69 Å². The number of aromatic hydroxyl groups is 1. The van der Waals surface area contributed by atoms with Crippen molar-refractivity contribution >= 4 is 27.5 Å². The number of halogens is 1. The molecular weight excluding hydrogens is 538 g/mol. The number of hydrogen-bond acceptors (Lipinski definition) is 5. The van der Waals surface area contributed by atoms with Gasteiger partial charge in [-0.3, -0.25) is 9.59 Å². The van der Waals surface area contributed by atoms with Crippen LogP contribution in [0.3, 0.4) is 0 Å². The summed E-state index contributed by atoms with van der Waals surface area (Å²) in [5.74, 6) is -1.01. The molecule has 8 nitrogen and oxygen atoms in total. The average molecular weight is 560 g/mol. The van der Waals surface area contributed by atoms with Crippen molar-refractivity contribution in [3.05, 3.63) is 113 Å². The second-order valence-electron chi connectivity index (χ2n) is 9.60. The number of para-hydroxylation sites is 1. The number of nitrogens with zero attached hydrogens (tertiary/aromatic N) is 3. The van der Waals surface area contributed by atoms with Gasteiger partial charge in [-0.2, -0.15) is 0 Å². The fourth-order valence-electron chi connectivity index (χ4n) is 5.81. The molecule has 2 aliphatic carbocycles. The van der Waals surface area contributed by atoms with Crippen molar-refractivity contribution in [2.45, 2.75) is 38.8 Å². The second kappa shape index (κ2) is 8.27. The van der Waals surface area contributed by atoms with E-state index >= 15 is 0 Å². The number of benzene rings is 2. The van der Waals surface area contributed by atoms with Crippen LogP contribution in [-0.4, -0.2) is 30.6 Å². The third kappa shape index (κ3) is 3.33. The van der Waals surface area contributed by atoms with Crippen molar-refractivity contribution in [1.82, 2.24) is 13.9 Å². The van der Waals surface area contributed by atoms with E-state index in [0.29, 0.717) is 28.0 Å². The van der Waals surface area contributed by atoms with Crippen molar-refractivity contribution in [2.24, 2.45) is 0 Å². The number of carbonyl (C=O) groups excluding carboxylic acids is 2. The normalized spacial score (nSPS) is 20.7. The number of rotatable bonds is 2. The number of phenols is 1. The van der Waals surface area contributed by atoms with E-state index in [-0.39, 0.29) is 34.8 Å². The maximum absolute atomic E-state index is 13.7. The lowest BCUT2D eigenvalue weighted by molar-refractivity contribution is -0.115. The van der Waals surface area contributed by atoms with Crippen LogP contribution in [0, 0.1) is 13.8 Å². The Morgan fingerprint density at radius 3 is 2.32 bits per heavy atom. The summed E-state index contributed by atoms with van der Waals surface area (Å²) in [6, 6.07) is 11.7. The lowest BCUT2D eigenvalue weighted by atomic mass is 9.68. The predicted molar refractivity (Wildman–Crippen MR) is 140 cm³/mol. The monoisotopic (exact) mass is 559 g/mol. The zero-order valence-electron chi connectivity index (χ0n) is 20.1. The SMILES string of the molecule is Cc1cc(C2C3=CCn4c(=O)n(-c5ccccc5)c(=O)n4C3CC3=C2C(=O)C=C(Br)C3=O)cc(C)c1O. The summed E-state index contributed by atoms with van der Waals surface area (Å²) in [7, 11) is 0. The van der Waals surface area contributed by atoms with E-state index in [9.17, 15) is 24.3 Å². The largest absolute Gasteiger partial charge is 0.507 e. The van der Waals surface area contributed by atoms with Crippen LogP contribution in [-0.2, 0) is 16.1 Å². The molecule has 2 unspecified atom stereocenters. The van der Waals surface area contributed by atoms with E-state index in [2.05, 4.69) is 15.9 Å². The maximum Gasteiger partial charge on any atom is 0.352 e. The lowest BCUT2D eigenvalue weighted by Gasteiger charge is -2.39. The zero-order valence-corrected chi connectivity index (χ0v) is 21.7. The minimum absolute atomic E-state index is 0.110. The molecule has 1 aliphatic heterocycles. The van der Waals surface area contributed by atoms with Gasteiger partial charge in [-0.15, -0.1) is 0 Å². The molecule has 1 N–H and O–H groups in total. The molecule has 2 heterocycles. The highest BCUT2D eigenvalue weighted by molar-refractivity contribution is 9.12. The van der Waals surface area contributed by atoms with Crippen LogP contribution in [0.4, 0.5) is 0 Å². The summed E-state index contributed by atoms with van der Waals surface area (Å²) in [5.41, 5.74) is 3.01. The third-order valence-electron chi connectivity index (χ3n) is 7.46. The molecular formula is C28H22BrN3O5. The lowest BCUT2D eigenvalue weighted by Crippen LogP contribution is -2.40. The Kier molecular flexibility index (Phi) is 5.24. The van der Waals surface area contributed by atoms with Gasteiger partial charge in [0.15, 0.2) is 11.6 Å². The first kappa shape index (κ1) is 23.4. The standard InChI is InChI=1S/C28H22BrN3O5/c1-14-10-16(11-15(2)25(14)34)23-18-8-9-30-27(36)31(17-6-4-3-5-7-17)28(37)32(30)21(18)12-19-24(23)22(33)13-20(29)26(19)35/h3-8,10-11,13,21,23,34H,9,12H2,1-2H3. The number of hydrogen-bond donors (Lipinski definition) is 1. The first-order valence-corrected chi connectivity index (χ1v) is 12.7. The van der Waals surface area contributed by atoms with Gasteiger partial charge in [-0.05, 0) is 64.2 Å². The van der Waals surface area contributed by atoms with Crippen LogP contribution in [0.15, 0.2) is 85.4 Å². The van der Waals surface area contributed by atoms with Crippen LogP contribution < -0.4 is 11.4 Å². The molecule has 3 aliphatic rings. The molecule has 0 spiro atoms. The van der Waals surface area contributed by atoms with E-state index in [4.69, 9.17) is 0 Å². The number of aromatic nitrogens is 3. The first-order valence-electron chi connectivity index (χ1n) is 11.9. The van der Waals surface area contributed by atoms with Crippen LogP contribution in [0.1, 0.15) is 35.1 Å². The number of phenolic OH excluding ortho intramolecular Hbond substituents is 1. The van der Waals surface area contributed by atoms with Gasteiger partial charge in [-0.1, -0.05) is 36.4 Å². The number of aryl methyl sites for hydroxylation is 2. The Morgan fingerprint density at radius 2 is 1.65 bits per heavy atom. The average Bonchev–Trinajstić information content (AvgIpc) is 3.14. The number of fused-ring (bicyclic) bond motifs is 3. The van der Waals surface area contributed by atoms with Crippen molar-refractivity contribution in [3.8, 4) is 11.4 Å². The Bertz CT molecular complexity index is 1730. The molecule has 0 bridgehead atoms. The molecule has 0 amide bonds. The highest BCUT2D eigenvalue weighted by Crippen LogP contribution is 2.50. The Balaban J connectivity index is 1.61. The number of allylic oxidation sites excluding steroid dienone is 6. The topological polar surface area (TPSA) is 103 Å².